The highest BCUT2D eigenvalue weighted by molar-refractivity contribution is 5.82. The third kappa shape index (κ3) is 2.13. The van der Waals surface area contributed by atoms with Gasteiger partial charge in [-0.05, 0) is 7.05 Å². The van der Waals surface area contributed by atoms with Gasteiger partial charge in [-0.1, -0.05) is 0 Å². The fourth-order valence-electron chi connectivity index (χ4n) is 2.59. The van der Waals surface area contributed by atoms with Crippen molar-refractivity contribution in [3.63, 3.8) is 0 Å². The molecule has 0 saturated carbocycles. The number of aromatic amines is 1. The summed E-state index contributed by atoms with van der Waals surface area (Å²) in [5, 5.41) is 3.29. The van der Waals surface area contributed by atoms with E-state index in [1.807, 2.05) is 4.90 Å². The smallest absolute Gasteiger partial charge is 0.240 e. The minimum absolute atomic E-state index is 0.107. The molecule has 0 aliphatic carbocycles. The van der Waals surface area contributed by atoms with Gasteiger partial charge in [-0.25, -0.2) is 4.98 Å². The van der Waals surface area contributed by atoms with Gasteiger partial charge in [0.05, 0.1) is 23.8 Å². The molecule has 2 aliphatic heterocycles. The summed E-state index contributed by atoms with van der Waals surface area (Å²) in [6.07, 6.45) is 2.40. The molecule has 6 heteroatoms. The fraction of sp³-hybridized carbons (Fsp3) is 0.667. The highest BCUT2D eigenvalue weighted by Gasteiger charge is 2.30. The van der Waals surface area contributed by atoms with Gasteiger partial charge in [0, 0.05) is 39.1 Å². The minimum atomic E-state index is -0.107. The lowest BCUT2D eigenvalue weighted by Crippen LogP contribution is -2.54. The Morgan fingerprint density at radius 3 is 2.94 bits per heavy atom. The van der Waals surface area contributed by atoms with Crippen LogP contribution < -0.4 is 5.32 Å². The minimum Gasteiger partial charge on any atom is -0.347 e. The number of nitrogens with one attached hydrogen (secondary N) is 2. The van der Waals surface area contributed by atoms with E-state index in [1.54, 1.807) is 6.33 Å². The first-order valence-electron chi connectivity index (χ1n) is 6.46. The summed E-state index contributed by atoms with van der Waals surface area (Å²) < 4.78 is 0. The van der Waals surface area contributed by atoms with E-state index < -0.39 is 0 Å². The number of aromatic nitrogens is 2. The number of amides is 1. The molecule has 1 unspecified atom stereocenters. The Balaban J connectivity index is 1.64. The van der Waals surface area contributed by atoms with Crippen LogP contribution >= 0.6 is 0 Å². The molecule has 2 N–H and O–H groups in total. The van der Waals surface area contributed by atoms with E-state index >= 15 is 0 Å². The second-order valence-electron chi connectivity index (χ2n) is 5.09. The van der Waals surface area contributed by atoms with Crippen LogP contribution in [0.15, 0.2) is 6.33 Å². The van der Waals surface area contributed by atoms with Crippen molar-refractivity contribution in [1.82, 2.24) is 25.1 Å². The van der Waals surface area contributed by atoms with Crippen molar-refractivity contribution in [3.05, 3.63) is 17.7 Å². The Morgan fingerprint density at radius 1 is 1.39 bits per heavy atom. The van der Waals surface area contributed by atoms with Crippen LogP contribution in [-0.4, -0.2) is 64.9 Å². The molecule has 98 valence electrons. The van der Waals surface area contributed by atoms with E-state index in [0.717, 1.165) is 37.6 Å². The number of hydrogen-bond donors (Lipinski definition) is 2. The van der Waals surface area contributed by atoms with Crippen LogP contribution in [0.25, 0.3) is 0 Å². The third-order valence-corrected chi connectivity index (χ3v) is 3.84. The highest BCUT2D eigenvalue weighted by Crippen LogP contribution is 2.14. The first-order valence-corrected chi connectivity index (χ1v) is 6.46. The lowest BCUT2D eigenvalue weighted by molar-refractivity contribution is -0.135. The predicted octanol–water partition coefficient (Wildman–Crippen LogP) is -0.802. The number of piperazine rings is 1. The largest absolute Gasteiger partial charge is 0.347 e. The molecule has 18 heavy (non-hydrogen) atoms. The number of likely N-dealkylation sites (N-methyl/N-ethyl adjacent to an activating group) is 1. The standard InChI is InChI=1S/C12H19N5O/c1-16-2-4-17(5-3-16)12(18)10-6-9-11(7-13-10)15-8-14-9/h8,10,13H,2-7H2,1H3,(H,14,15). The zero-order valence-electron chi connectivity index (χ0n) is 10.6. The number of rotatable bonds is 1. The zero-order chi connectivity index (χ0) is 12.5. The van der Waals surface area contributed by atoms with Crippen molar-refractivity contribution in [1.29, 1.82) is 0 Å². The molecule has 1 amide bonds. The van der Waals surface area contributed by atoms with E-state index in [0.29, 0.717) is 13.0 Å². The molecule has 0 bridgehead atoms. The summed E-state index contributed by atoms with van der Waals surface area (Å²) in [5.41, 5.74) is 2.14. The van der Waals surface area contributed by atoms with Gasteiger partial charge in [0.15, 0.2) is 0 Å². The number of nitrogens with zero attached hydrogens (tertiary/aromatic N) is 3. The van der Waals surface area contributed by atoms with E-state index in [-0.39, 0.29) is 11.9 Å². The topological polar surface area (TPSA) is 64.3 Å². The first-order chi connectivity index (χ1) is 8.74. The monoisotopic (exact) mass is 249 g/mol. The first kappa shape index (κ1) is 11.7. The van der Waals surface area contributed by atoms with Crippen molar-refractivity contribution in [3.8, 4) is 0 Å². The average Bonchev–Trinajstić information content (AvgIpc) is 2.86. The second-order valence-corrected chi connectivity index (χ2v) is 5.09. The Labute approximate surface area is 106 Å². The SMILES string of the molecule is CN1CCN(C(=O)C2Cc3nc[nH]c3CN2)CC1. The number of carbonyl (C=O) groups excluding carboxylic acids is 1. The molecule has 1 fully saturated rings. The van der Waals surface area contributed by atoms with Gasteiger partial charge in [0.1, 0.15) is 0 Å². The molecule has 2 aliphatic rings. The van der Waals surface area contributed by atoms with Crippen LogP contribution in [0.1, 0.15) is 11.4 Å². The normalized spacial score (nSPS) is 24.9. The molecule has 1 aromatic heterocycles. The molecule has 0 radical (unpaired) electrons. The van der Waals surface area contributed by atoms with Crippen LogP contribution in [0.2, 0.25) is 0 Å². The van der Waals surface area contributed by atoms with E-state index in [1.165, 1.54) is 0 Å². The molecule has 0 aromatic carbocycles. The summed E-state index contributed by atoms with van der Waals surface area (Å²) in [5.74, 6) is 0.219. The molecule has 1 aromatic rings. The number of carbonyl (C=O) groups is 1. The Bertz CT molecular complexity index is 435. The second kappa shape index (κ2) is 4.70. The van der Waals surface area contributed by atoms with Gasteiger partial charge < -0.3 is 14.8 Å². The van der Waals surface area contributed by atoms with Gasteiger partial charge in [0.2, 0.25) is 5.91 Å². The average molecular weight is 249 g/mol. The van der Waals surface area contributed by atoms with Crippen LogP contribution in [0.5, 0.6) is 0 Å². The zero-order valence-corrected chi connectivity index (χ0v) is 10.6. The van der Waals surface area contributed by atoms with Crippen molar-refractivity contribution in [2.24, 2.45) is 0 Å². The molecular formula is C12H19N5O. The number of fused-ring (bicyclic) bond motifs is 1. The molecule has 6 nitrogen and oxygen atoms in total. The molecule has 1 saturated heterocycles. The van der Waals surface area contributed by atoms with Gasteiger partial charge in [-0.3, -0.25) is 10.1 Å². The van der Waals surface area contributed by atoms with Crippen LogP contribution in [-0.2, 0) is 17.8 Å². The van der Waals surface area contributed by atoms with Crippen LogP contribution in [0.4, 0.5) is 0 Å². The van der Waals surface area contributed by atoms with Gasteiger partial charge >= 0.3 is 0 Å². The van der Waals surface area contributed by atoms with Gasteiger partial charge in [-0.2, -0.15) is 0 Å². The van der Waals surface area contributed by atoms with Crippen molar-refractivity contribution < 1.29 is 4.79 Å². The van der Waals surface area contributed by atoms with Crippen LogP contribution in [0, 0.1) is 0 Å². The van der Waals surface area contributed by atoms with Crippen LogP contribution in [0.3, 0.4) is 0 Å². The summed E-state index contributed by atoms with van der Waals surface area (Å²) in [6.45, 7) is 4.31. The Morgan fingerprint density at radius 2 is 2.17 bits per heavy atom. The molecular weight excluding hydrogens is 230 g/mol. The summed E-state index contributed by atoms with van der Waals surface area (Å²) in [4.78, 5) is 24.0. The Kier molecular flexibility index (Phi) is 3.05. The van der Waals surface area contributed by atoms with E-state index in [9.17, 15) is 4.79 Å². The van der Waals surface area contributed by atoms with E-state index in [4.69, 9.17) is 0 Å². The summed E-state index contributed by atoms with van der Waals surface area (Å²) in [6, 6.07) is -0.107. The predicted molar refractivity (Wildman–Crippen MR) is 67.0 cm³/mol. The van der Waals surface area contributed by atoms with Crippen molar-refractivity contribution >= 4 is 5.91 Å². The molecule has 0 spiro atoms. The molecule has 3 heterocycles. The maximum Gasteiger partial charge on any atom is 0.240 e. The highest BCUT2D eigenvalue weighted by atomic mass is 16.2. The lowest BCUT2D eigenvalue weighted by Gasteiger charge is -2.35. The molecule has 3 rings (SSSR count). The van der Waals surface area contributed by atoms with Gasteiger partial charge in [-0.15, -0.1) is 0 Å². The summed E-state index contributed by atoms with van der Waals surface area (Å²) >= 11 is 0. The molecule has 1 atom stereocenters. The maximum atomic E-state index is 12.4. The lowest BCUT2D eigenvalue weighted by atomic mass is 10.0. The number of H-pyrrole nitrogens is 1. The quantitative estimate of drug-likeness (QED) is 0.684. The number of imidazole rings is 1. The fourth-order valence-corrected chi connectivity index (χ4v) is 2.59. The van der Waals surface area contributed by atoms with Crippen molar-refractivity contribution in [2.75, 3.05) is 33.2 Å². The Hall–Kier alpha value is -1.40. The maximum absolute atomic E-state index is 12.4. The van der Waals surface area contributed by atoms with Crippen molar-refractivity contribution in [2.45, 2.75) is 19.0 Å². The summed E-state index contributed by atoms with van der Waals surface area (Å²) in [7, 11) is 2.09. The third-order valence-electron chi connectivity index (χ3n) is 3.84. The van der Waals surface area contributed by atoms with Gasteiger partial charge in [0.25, 0.3) is 0 Å². The number of hydrogen-bond acceptors (Lipinski definition) is 4. The van der Waals surface area contributed by atoms with E-state index in [2.05, 4.69) is 27.2 Å².